The van der Waals surface area contributed by atoms with Gasteiger partial charge in [-0.05, 0) is 31.5 Å². The fourth-order valence-electron chi connectivity index (χ4n) is 4.86. The lowest BCUT2D eigenvalue weighted by atomic mass is 9.79. The lowest BCUT2D eigenvalue weighted by Crippen LogP contribution is -2.79. The van der Waals surface area contributed by atoms with Gasteiger partial charge in [-0.25, -0.2) is 9.28 Å². The van der Waals surface area contributed by atoms with E-state index in [0.717, 1.165) is 15.6 Å². The van der Waals surface area contributed by atoms with Gasteiger partial charge < -0.3 is 10.1 Å². The largest absolute Gasteiger partial charge is 0.466 e. The molecular formula is C27H30ClN2O4S+. The molecule has 184 valence electrons. The van der Waals surface area contributed by atoms with Gasteiger partial charge in [0.2, 0.25) is 0 Å². The van der Waals surface area contributed by atoms with Crippen molar-refractivity contribution in [2.75, 3.05) is 19.7 Å². The maximum absolute atomic E-state index is 14.2. The smallest absolute Gasteiger partial charge is 0.348 e. The van der Waals surface area contributed by atoms with Crippen molar-refractivity contribution < 1.29 is 23.6 Å². The second-order valence-electron chi connectivity index (χ2n) is 9.12. The third kappa shape index (κ3) is 4.85. The van der Waals surface area contributed by atoms with E-state index < -0.39 is 5.54 Å². The van der Waals surface area contributed by atoms with Crippen molar-refractivity contribution in [1.29, 1.82) is 0 Å². The Labute approximate surface area is 214 Å². The highest BCUT2D eigenvalue weighted by molar-refractivity contribution is 7.17. The standard InChI is InChI=1S/C27H29ClN2O4S/c1-3-34-24(31)12-7-14-29-26(33)27(2)13-15-30(27,17-19-8-6-9-20(28)16-19)25(32)22-18-35-23-11-5-4-10-21(22)23/h4-6,8-11,16,18H,3,7,12-15,17H2,1-2H3/p+1. The number of rotatable bonds is 9. The molecule has 2 aromatic carbocycles. The lowest BCUT2D eigenvalue weighted by Gasteiger charge is -2.56. The highest BCUT2D eigenvalue weighted by Gasteiger charge is 2.65. The monoisotopic (exact) mass is 513 g/mol. The van der Waals surface area contributed by atoms with Crippen molar-refractivity contribution in [2.24, 2.45) is 0 Å². The second-order valence-corrected chi connectivity index (χ2v) is 10.5. The van der Waals surface area contributed by atoms with Crippen molar-refractivity contribution in [3.8, 4) is 0 Å². The Morgan fingerprint density at radius 3 is 2.69 bits per heavy atom. The first-order valence-electron chi connectivity index (χ1n) is 11.9. The number of halogens is 1. The van der Waals surface area contributed by atoms with Gasteiger partial charge in [0.25, 0.3) is 5.91 Å². The number of fused-ring (bicyclic) bond motifs is 1. The first-order valence-corrected chi connectivity index (χ1v) is 13.1. The molecule has 2 atom stereocenters. The van der Waals surface area contributed by atoms with Crippen LogP contribution in [0, 0.1) is 0 Å². The Morgan fingerprint density at radius 2 is 1.97 bits per heavy atom. The fraction of sp³-hybridized carbons (Fsp3) is 0.370. The summed E-state index contributed by atoms with van der Waals surface area (Å²) in [7, 11) is 0. The third-order valence-corrected chi connectivity index (χ3v) is 8.20. The van der Waals surface area contributed by atoms with Crippen LogP contribution in [0.2, 0.25) is 5.02 Å². The van der Waals surface area contributed by atoms with Gasteiger partial charge in [0.05, 0.1) is 25.1 Å². The number of quaternary nitrogens is 1. The third-order valence-electron chi connectivity index (χ3n) is 7.00. The number of hydrogen-bond acceptors (Lipinski definition) is 5. The Kier molecular flexibility index (Phi) is 7.59. The summed E-state index contributed by atoms with van der Waals surface area (Å²) >= 11 is 7.79. The zero-order valence-corrected chi connectivity index (χ0v) is 21.6. The molecule has 1 fully saturated rings. The number of ether oxygens (including phenoxy) is 1. The number of amides is 2. The lowest BCUT2D eigenvalue weighted by molar-refractivity contribution is -0.944. The van der Waals surface area contributed by atoms with Crippen molar-refractivity contribution in [3.63, 3.8) is 0 Å². The van der Waals surface area contributed by atoms with E-state index in [1.807, 2.05) is 54.8 Å². The number of hydrogen-bond donors (Lipinski definition) is 1. The number of likely N-dealkylation sites (tertiary alicyclic amines) is 1. The van der Waals surface area contributed by atoms with Crippen LogP contribution in [-0.2, 0) is 20.9 Å². The summed E-state index contributed by atoms with van der Waals surface area (Å²) < 4.78 is 6.00. The second kappa shape index (κ2) is 10.5. The molecule has 0 aliphatic carbocycles. The normalized spacial score (nSPS) is 21.3. The van der Waals surface area contributed by atoms with Crippen molar-refractivity contribution in [3.05, 3.63) is 70.1 Å². The van der Waals surface area contributed by atoms with E-state index in [1.165, 1.54) is 11.3 Å². The van der Waals surface area contributed by atoms with Crippen molar-refractivity contribution in [2.45, 2.75) is 45.2 Å². The Bertz CT molecular complexity index is 1260. The molecule has 6 nitrogen and oxygen atoms in total. The Hall–Kier alpha value is -2.74. The summed E-state index contributed by atoms with van der Waals surface area (Å²) in [6.07, 6.45) is 1.32. The van der Waals surface area contributed by atoms with Gasteiger partial charge in [-0.2, -0.15) is 0 Å². The van der Waals surface area contributed by atoms with E-state index in [-0.39, 0.29) is 28.7 Å². The molecule has 0 spiro atoms. The minimum atomic E-state index is -0.938. The molecule has 35 heavy (non-hydrogen) atoms. The first kappa shape index (κ1) is 25.4. The molecule has 0 bridgehead atoms. The van der Waals surface area contributed by atoms with E-state index in [9.17, 15) is 14.4 Å². The summed E-state index contributed by atoms with van der Waals surface area (Å²) in [5, 5.41) is 6.39. The molecule has 8 heteroatoms. The van der Waals surface area contributed by atoms with Gasteiger partial charge in [0.15, 0.2) is 5.54 Å². The van der Waals surface area contributed by atoms with Crippen LogP contribution < -0.4 is 5.32 Å². The first-order chi connectivity index (χ1) is 16.8. The summed E-state index contributed by atoms with van der Waals surface area (Å²) in [5.74, 6) is -0.512. The van der Waals surface area contributed by atoms with Gasteiger partial charge in [-0.15, -0.1) is 11.3 Å². The molecule has 4 rings (SSSR count). The minimum Gasteiger partial charge on any atom is -0.466 e. The Morgan fingerprint density at radius 1 is 1.17 bits per heavy atom. The van der Waals surface area contributed by atoms with Crippen LogP contribution in [0.4, 0.5) is 0 Å². The molecule has 0 saturated carbocycles. The van der Waals surface area contributed by atoms with Crippen molar-refractivity contribution >= 4 is 50.8 Å². The summed E-state index contributed by atoms with van der Waals surface area (Å²) in [6, 6.07) is 15.3. The number of nitrogens with one attached hydrogen (secondary N) is 1. The van der Waals surface area contributed by atoms with Crippen LogP contribution in [0.25, 0.3) is 10.1 Å². The Balaban J connectivity index is 1.62. The molecular weight excluding hydrogens is 484 g/mol. The summed E-state index contributed by atoms with van der Waals surface area (Å²) in [5.41, 5.74) is 0.618. The molecule has 1 aliphatic rings. The zero-order valence-electron chi connectivity index (χ0n) is 20.0. The number of benzene rings is 2. The highest BCUT2D eigenvalue weighted by Crippen LogP contribution is 2.45. The zero-order chi connectivity index (χ0) is 25.1. The quantitative estimate of drug-likeness (QED) is 0.238. The molecule has 1 aliphatic heterocycles. The van der Waals surface area contributed by atoms with Crippen LogP contribution in [0.15, 0.2) is 53.9 Å². The SMILES string of the molecule is CCOC(=O)CCCNC(=O)C1(C)CC[N+]1(Cc1cccc(Cl)c1)C(=O)c1csc2ccccc12. The van der Waals surface area contributed by atoms with E-state index in [4.69, 9.17) is 16.3 Å². The maximum atomic E-state index is 14.2. The molecule has 1 saturated heterocycles. The average Bonchev–Trinajstić information content (AvgIpc) is 3.28. The molecule has 0 radical (unpaired) electrons. The van der Waals surface area contributed by atoms with Gasteiger partial charge in [0.1, 0.15) is 6.54 Å². The van der Waals surface area contributed by atoms with Gasteiger partial charge >= 0.3 is 11.9 Å². The molecule has 1 aromatic heterocycles. The van der Waals surface area contributed by atoms with Crippen LogP contribution in [0.3, 0.4) is 0 Å². The van der Waals surface area contributed by atoms with Crippen LogP contribution in [0.5, 0.6) is 0 Å². The highest BCUT2D eigenvalue weighted by atomic mass is 35.5. The molecule has 1 N–H and O–H groups in total. The number of esters is 1. The molecule has 3 aromatic rings. The van der Waals surface area contributed by atoms with E-state index in [0.29, 0.717) is 49.7 Å². The number of carbonyl (C=O) groups excluding carboxylic acids is 3. The van der Waals surface area contributed by atoms with Crippen LogP contribution in [0.1, 0.15) is 49.0 Å². The van der Waals surface area contributed by atoms with E-state index in [1.54, 1.807) is 13.0 Å². The van der Waals surface area contributed by atoms with Gasteiger partial charge in [-0.3, -0.25) is 9.59 Å². The fourth-order valence-corrected chi connectivity index (χ4v) is 6.00. The van der Waals surface area contributed by atoms with E-state index in [2.05, 4.69) is 5.32 Å². The number of thiophene rings is 1. The number of nitrogens with zero attached hydrogens (tertiary/aromatic N) is 1. The maximum Gasteiger partial charge on any atom is 0.348 e. The topological polar surface area (TPSA) is 72.5 Å². The summed E-state index contributed by atoms with van der Waals surface area (Å²) in [6.45, 7) is 5.25. The molecule has 2 unspecified atom stereocenters. The van der Waals surface area contributed by atoms with E-state index >= 15 is 0 Å². The van der Waals surface area contributed by atoms with Crippen LogP contribution in [-0.4, -0.2) is 47.5 Å². The predicted molar refractivity (Wildman–Crippen MR) is 138 cm³/mol. The van der Waals surface area contributed by atoms with Crippen molar-refractivity contribution in [1.82, 2.24) is 5.32 Å². The van der Waals surface area contributed by atoms with Gasteiger partial charge in [-0.1, -0.05) is 41.9 Å². The average molecular weight is 514 g/mol. The number of carbonyl (C=O) groups is 3. The predicted octanol–water partition coefficient (Wildman–Crippen LogP) is 5.33. The minimum absolute atomic E-state index is 0.00220. The van der Waals surface area contributed by atoms with Gasteiger partial charge in [0, 0.05) is 45.9 Å². The molecule has 2 heterocycles. The summed E-state index contributed by atoms with van der Waals surface area (Å²) in [4.78, 5) is 39.4. The molecule has 2 amide bonds. The van der Waals surface area contributed by atoms with Crippen LogP contribution >= 0.6 is 22.9 Å².